The topological polar surface area (TPSA) is 79.4 Å². The van der Waals surface area contributed by atoms with E-state index in [1.54, 1.807) is 26.0 Å². The van der Waals surface area contributed by atoms with Crippen molar-refractivity contribution in [2.24, 2.45) is 0 Å². The van der Waals surface area contributed by atoms with Gasteiger partial charge in [0, 0.05) is 21.1 Å². The van der Waals surface area contributed by atoms with Crippen LogP contribution >= 0.6 is 15.9 Å². The van der Waals surface area contributed by atoms with Crippen LogP contribution in [0.25, 0.3) is 10.9 Å². The van der Waals surface area contributed by atoms with Crippen molar-refractivity contribution in [3.8, 4) is 0 Å². The number of carboxylic acid groups (broad SMARTS) is 1. The Balaban J connectivity index is 2.51. The zero-order valence-corrected chi connectivity index (χ0v) is 12.7. The molecule has 0 aliphatic heterocycles. The molecule has 0 spiro atoms. The maximum atomic E-state index is 11.6. The van der Waals surface area contributed by atoms with Gasteiger partial charge in [-0.1, -0.05) is 15.9 Å². The smallest absolute Gasteiger partial charge is 0.338 e. The highest BCUT2D eigenvalue weighted by atomic mass is 79.9. The number of carbonyl (C=O) groups excluding carboxylic acids is 1. The molecule has 20 heavy (non-hydrogen) atoms. The SMILES string of the molecule is CCOC(=O)Cc1cc2c(C(=O)O)c(C)[nH]c2cc1Br. The minimum atomic E-state index is -0.988. The predicted molar refractivity (Wildman–Crippen MR) is 78.0 cm³/mol. The normalized spacial score (nSPS) is 10.8. The van der Waals surface area contributed by atoms with Crippen molar-refractivity contribution in [2.45, 2.75) is 20.3 Å². The Hall–Kier alpha value is -1.82. The van der Waals surface area contributed by atoms with E-state index in [1.165, 1.54) is 0 Å². The molecule has 0 saturated carbocycles. The van der Waals surface area contributed by atoms with Crippen molar-refractivity contribution in [1.29, 1.82) is 0 Å². The van der Waals surface area contributed by atoms with Gasteiger partial charge in [0.25, 0.3) is 0 Å². The van der Waals surface area contributed by atoms with Crippen LogP contribution in [0, 0.1) is 6.92 Å². The molecule has 1 heterocycles. The lowest BCUT2D eigenvalue weighted by Gasteiger charge is -2.05. The van der Waals surface area contributed by atoms with Crippen molar-refractivity contribution in [1.82, 2.24) is 4.98 Å². The maximum absolute atomic E-state index is 11.6. The van der Waals surface area contributed by atoms with Gasteiger partial charge in [0.05, 0.1) is 18.6 Å². The van der Waals surface area contributed by atoms with Crippen molar-refractivity contribution in [3.05, 3.63) is 33.4 Å². The Kier molecular flexibility index (Phi) is 4.13. The molecule has 0 aliphatic carbocycles. The van der Waals surface area contributed by atoms with E-state index in [2.05, 4.69) is 20.9 Å². The first-order chi connectivity index (χ1) is 9.43. The number of fused-ring (bicyclic) bond motifs is 1. The summed E-state index contributed by atoms with van der Waals surface area (Å²) in [6.07, 6.45) is 0.105. The molecule has 2 rings (SSSR count). The fraction of sp³-hybridized carbons (Fsp3) is 0.286. The van der Waals surface area contributed by atoms with Gasteiger partial charge >= 0.3 is 11.9 Å². The lowest BCUT2D eigenvalue weighted by molar-refractivity contribution is -0.142. The van der Waals surface area contributed by atoms with Gasteiger partial charge in [-0.25, -0.2) is 4.79 Å². The second-order valence-corrected chi connectivity index (χ2v) is 5.26. The molecule has 6 heteroatoms. The highest BCUT2D eigenvalue weighted by Crippen LogP contribution is 2.29. The number of aromatic carboxylic acids is 1. The molecule has 0 saturated heterocycles. The summed E-state index contributed by atoms with van der Waals surface area (Å²) >= 11 is 3.39. The number of ether oxygens (including phenoxy) is 1. The van der Waals surface area contributed by atoms with Crippen molar-refractivity contribution >= 4 is 38.8 Å². The Bertz CT molecular complexity index is 690. The lowest BCUT2D eigenvalue weighted by Crippen LogP contribution is -2.08. The molecule has 2 aromatic rings. The van der Waals surface area contributed by atoms with Crippen LogP contribution < -0.4 is 0 Å². The van der Waals surface area contributed by atoms with E-state index in [0.717, 1.165) is 9.99 Å². The number of esters is 1. The first kappa shape index (κ1) is 14.6. The largest absolute Gasteiger partial charge is 0.478 e. The number of aromatic amines is 1. The molecule has 1 aromatic carbocycles. The third-order valence-corrected chi connectivity index (χ3v) is 3.75. The molecular weight excluding hydrogens is 326 g/mol. The van der Waals surface area contributed by atoms with Gasteiger partial charge in [0.2, 0.25) is 0 Å². The van der Waals surface area contributed by atoms with Gasteiger partial charge in [-0.3, -0.25) is 4.79 Å². The number of aromatic nitrogens is 1. The van der Waals surface area contributed by atoms with Gasteiger partial charge in [-0.15, -0.1) is 0 Å². The van der Waals surface area contributed by atoms with Gasteiger partial charge in [0.1, 0.15) is 0 Å². The van der Waals surface area contributed by atoms with Crippen LogP contribution in [0.4, 0.5) is 0 Å². The van der Waals surface area contributed by atoms with E-state index in [0.29, 0.717) is 23.3 Å². The molecule has 0 radical (unpaired) electrons. The molecule has 0 unspecified atom stereocenters. The number of carboxylic acids is 1. The van der Waals surface area contributed by atoms with Crippen LogP contribution in [0.15, 0.2) is 16.6 Å². The highest BCUT2D eigenvalue weighted by Gasteiger charge is 2.17. The summed E-state index contributed by atoms with van der Waals surface area (Å²) in [6, 6.07) is 3.49. The number of benzene rings is 1. The fourth-order valence-corrected chi connectivity index (χ4v) is 2.66. The Morgan fingerprint density at radius 3 is 2.70 bits per heavy atom. The van der Waals surface area contributed by atoms with Crippen molar-refractivity contribution in [2.75, 3.05) is 6.61 Å². The molecule has 106 valence electrons. The lowest BCUT2D eigenvalue weighted by atomic mass is 10.1. The first-order valence-corrected chi connectivity index (χ1v) is 6.93. The van der Waals surface area contributed by atoms with Crippen LogP contribution in [0.1, 0.15) is 28.5 Å². The van der Waals surface area contributed by atoms with Crippen LogP contribution in [0.2, 0.25) is 0 Å². The monoisotopic (exact) mass is 339 g/mol. The summed E-state index contributed by atoms with van der Waals surface area (Å²) in [7, 11) is 0. The van der Waals surface area contributed by atoms with Crippen molar-refractivity contribution in [3.63, 3.8) is 0 Å². The Morgan fingerprint density at radius 2 is 2.10 bits per heavy atom. The number of hydrogen-bond acceptors (Lipinski definition) is 3. The van der Waals surface area contributed by atoms with E-state index in [-0.39, 0.29) is 18.0 Å². The second kappa shape index (κ2) is 5.66. The van der Waals surface area contributed by atoms with Crippen molar-refractivity contribution < 1.29 is 19.4 Å². The van der Waals surface area contributed by atoms with E-state index in [1.807, 2.05) is 0 Å². The van der Waals surface area contributed by atoms with E-state index >= 15 is 0 Å². The minimum absolute atomic E-state index is 0.105. The van der Waals surface area contributed by atoms with Gasteiger partial charge in [0.15, 0.2) is 0 Å². The molecule has 2 N–H and O–H groups in total. The maximum Gasteiger partial charge on any atom is 0.338 e. The minimum Gasteiger partial charge on any atom is -0.478 e. The Morgan fingerprint density at radius 1 is 1.40 bits per heavy atom. The van der Waals surface area contributed by atoms with Gasteiger partial charge < -0.3 is 14.8 Å². The molecule has 1 aromatic heterocycles. The molecule has 0 fully saturated rings. The highest BCUT2D eigenvalue weighted by molar-refractivity contribution is 9.10. The van der Waals surface area contributed by atoms with E-state index < -0.39 is 5.97 Å². The number of H-pyrrole nitrogens is 1. The first-order valence-electron chi connectivity index (χ1n) is 6.13. The van der Waals surface area contributed by atoms with Crippen LogP contribution in [0.5, 0.6) is 0 Å². The molecule has 0 bridgehead atoms. The molecule has 0 amide bonds. The molecule has 5 nitrogen and oxygen atoms in total. The summed E-state index contributed by atoms with van der Waals surface area (Å²) in [6.45, 7) is 3.78. The molecular formula is C14H14BrNO4. The predicted octanol–water partition coefficient (Wildman–Crippen LogP) is 3.04. The fourth-order valence-electron chi connectivity index (χ4n) is 2.17. The standard InChI is InChI=1S/C14H14BrNO4/c1-3-20-12(17)5-8-4-9-11(6-10(8)15)16-7(2)13(9)14(18)19/h4,6,16H,3,5H2,1-2H3,(H,18,19). The summed E-state index contributed by atoms with van der Waals surface area (Å²) in [5.74, 6) is -1.32. The zero-order chi connectivity index (χ0) is 14.9. The van der Waals surface area contributed by atoms with Crippen LogP contribution in [-0.2, 0) is 16.0 Å². The van der Waals surface area contributed by atoms with E-state index in [4.69, 9.17) is 4.74 Å². The number of halogens is 1. The van der Waals surface area contributed by atoms with E-state index in [9.17, 15) is 14.7 Å². The number of nitrogens with one attached hydrogen (secondary N) is 1. The molecule has 0 aliphatic rings. The number of carbonyl (C=O) groups is 2. The average molecular weight is 340 g/mol. The zero-order valence-electron chi connectivity index (χ0n) is 11.1. The summed E-state index contributed by atoms with van der Waals surface area (Å²) in [5, 5.41) is 9.85. The summed E-state index contributed by atoms with van der Waals surface area (Å²) in [4.78, 5) is 25.9. The summed E-state index contributed by atoms with van der Waals surface area (Å²) < 4.78 is 5.66. The summed E-state index contributed by atoms with van der Waals surface area (Å²) in [5.41, 5.74) is 2.25. The number of aryl methyl sites for hydroxylation is 1. The third kappa shape index (κ3) is 2.70. The Labute approximate surface area is 124 Å². The van der Waals surface area contributed by atoms with Gasteiger partial charge in [-0.2, -0.15) is 0 Å². The number of rotatable bonds is 4. The van der Waals surface area contributed by atoms with Crippen LogP contribution in [-0.4, -0.2) is 28.6 Å². The quantitative estimate of drug-likeness (QED) is 0.839. The second-order valence-electron chi connectivity index (χ2n) is 4.40. The number of hydrogen-bond donors (Lipinski definition) is 2. The van der Waals surface area contributed by atoms with Gasteiger partial charge in [-0.05, 0) is 31.5 Å². The average Bonchev–Trinajstić information content (AvgIpc) is 2.65. The van der Waals surface area contributed by atoms with Crippen LogP contribution in [0.3, 0.4) is 0 Å². The molecule has 0 atom stereocenters. The third-order valence-electron chi connectivity index (χ3n) is 3.01.